The van der Waals surface area contributed by atoms with Crippen LogP contribution in [-0.4, -0.2) is 16.6 Å². The Hall–Kier alpha value is -2.44. The number of nitrogens with zero attached hydrogens (tertiary/aromatic N) is 2. The number of benzene rings is 1. The largest absolute Gasteiger partial charge is 0.433 e. The normalized spacial score (nSPS) is 10.7. The molecule has 3 N–H and O–H groups in total. The van der Waals surface area contributed by atoms with Gasteiger partial charge in [-0.2, -0.15) is 8.78 Å². The SMILES string of the molecule is CCCc1c(N)ncnc1Nc1ccccc1OC(F)F. The molecule has 0 saturated heterocycles. The second kappa shape index (κ2) is 6.83. The van der Waals surface area contributed by atoms with E-state index in [1.54, 1.807) is 18.2 Å². The Balaban J connectivity index is 2.32. The van der Waals surface area contributed by atoms with Crippen molar-refractivity contribution in [3.63, 3.8) is 0 Å². The Morgan fingerprint density at radius 3 is 2.76 bits per heavy atom. The Morgan fingerprint density at radius 1 is 1.29 bits per heavy atom. The number of anilines is 3. The van der Waals surface area contributed by atoms with Gasteiger partial charge in [-0.1, -0.05) is 25.5 Å². The zero-order valence-electron chi connectivity index (χ0n) is 11.5. The van der Waals surface area contributed by atoms with Gasteiger partial charge in [0, 0.05) is 5.56 Å². The van der Waals surface area contributed by atoms with E-state index in [-0.39, 0.29) is 5.75 Å². The van der Waals surface area contributed by atoms with Gasteiger partial charge in [0.05, 0.1) is 5.69 Å². The molecule has 0 aliphatic carbocycles. The number of halogens is 2. The lowest BCUT2D eigenvalue weighted by atomic mass is 10.1. The fourth-order valence-corrected chi connectivity index (χ4v) is 1.93. The molecule has 0 unspecified atom stereocenters. The molecule has 0 aliphatic heterocycles. The molecular formula is C14H16F2N4O. The molecule has 112 valence electrons. The third kappa shape index (κ3) is 3.77. The van der Waals surface area contributed by atoms with Crippen LogP contribution in [0.4, 0.5) is 26.1 Å². The lowest BCUT2D eigenvalue weighted by Gasteiger charge is -2.15. The van der Waals surface area contributed by atoms with Crippen molar-refractivity contribution < 1.29 is 13.5 Å². The number of ether oxygens (including phenoxy) is 1. The van der Waals surface area contributed by atoms with Gasteiger partial charge >= 0.3 is 6.61 Å². The van der Waals surface area contributed by atoms with Crippen molar-refractivity contribution in [2.75, 3.05) is 11.1 Å². The lowest BCUT2D eigenvalue weighted by molar-refractivity contribution is -0.0493. The maximum Gasteiger partial charge on any atom is 0.387 e. The Bertz CT molecular complexity index is 607. The second-order valence-corrected chi connectivity index (χ2v) is 4.34. The van der Waals surface area contributed by atoms with Crippen molar-refractivity contribution in [1.29, 1.82) is 0 Å². The van der Waals surface area contributed by atoms with Gasteiger partial charge in [0.2, 0.25) is 0 Å². The van der Waals surface area contributed by atoms with Crippen LogP contribution in [0.5, 0.6) is 5.75 Å². The average molecular weight is 294 g/mol. The van der Waals surface area contributed by atoms with Crippen LogP contribution in [0.1, 0.15) is 18.9 Å². The zero-order chi connectivity index (χ0) is 15.2. The molecule has 0 radical (unpaired) electrons. The second-order valence-electron chi connectivity index (χ2n) is 4.34. The third-order valence-corrected chi connectivity index (χ3v) is 2.83. The van der Waals surface area contributed by atoms with Gasteiger partial charge in [-0.25, -0.2) is 9.97 Å². The van der Waals surface area contributed by atoms with Gasteiger partial charge in [-0.15, -0.1) is 0 Å². The molecule has 1 aromatic heterocycles. The summed E-state index contributed by atoms with van der Waals surface area (Å²) in [6, 6.07) is 6.42. The molecule has 0 amide bonds. The number of nitrogens with two attached hydrogens (primary N) is 1. The molecule has 2 rings (SSSR count). The molecule has 0 atom stereocenters. The van der Waals surface area contributed by atoms with Crippen LogP contribution in [0.15, 0.2) is 30.6 Å². The third-order valence-electron chi connectivity index (χ3n) is 2.83. The summed E-state index contributed by atoms with van der Waals surface area (Å²) in [5, 5.41) is 2.98. The van der Waals surface area contributed by atoms with Crippen molar-refractivity contribution >= 4 is 17.3 Å². The molecule has 0 saturated carbocycles. The first-order chi connectivity index (χ1) is 10.1. The van der Waals surface area contributed by atoms with E-state index in [1.807, 2.05) is 6.92 Å². The highest BCUT2D eigenvalue weighted by molar-refractivity contribution is 5.68. The summed E-state index contributed by atoms with van der Waals surface area (Å²) in [5.41, 5.74) is 6.99. The number of aromatic nitrogens is 2. The van der Waals surface area contributed by atoms with Crippen molar-refractivity contribution in [1.82, 2.24) is 9.97 Å². The Morgan fingerprint density at radius 2 is 2.05 bits per heavy atom. The zero-order valence-corrected chi connectivity index (χ0v) is 11.5. The number of nitrogen functional groups attached to an aromatic ring is 1. The molecule has 7 heteroatoms. The van der Waals surface area contributed by atoms with Crippen molar-refractivity contribution in [2.45, 2.75) is 26.4 Å². The predicted octanol–water partition coefficient (Wildman–Crippen LogP) is 3.36. The monoisotopic (exact) mass is 294 g/mol. The number of hydrogen-bond donors (Lipinski definition) is 2. The van der Waals surface area contributed by atoms with Crippen LogP contribution in [0.3, 0.4) is 0 Å². The standard InChI is InChI=1S/C14H16F2N4O/c1-2-5-9-12(17)18-8-19-13(9)20-10-6-3-4-7-11(10)21-14(15)16/h3-4,6-8,14H,2,5H2,1H3,(H3,17,18,19,20). The minimum atomic E-state index is -2.89. The fraction of sp³-hybridized carbons (Fsp3) is 0.286. The Kier molecular flexibility index (Phi) is 4.86. The van der Waals surface area contributed by atoms with Gasteiger partial charge < -0.3 is 15.8 Å². The summed E-state index contributed by atoms with van der Waals surface area (Å²) >= 11 is 0. The van der Waals surface area contributed by atoms with Crippen molar-refractivity contribution in [2.24, 2.45) is 0 Å². The van der Waals surface area contributed by atoms with Gasteiger partial charge in [-0.05, 0) is 18.6 Å². The van der Waals surface area contributed by atoms with Crippen LogP contribution in [0, 0.1) is 0 Å². The van der Waals surface area contributed by atoms with E-state index in [4.69, 9.17) is 5.73 Å². The summed E-state index contributed by atoms with van der Waals surface area (Å²) in [6.45, 7) is -0.886. The highest BCUT2D eigenvalue weighted by Crippen LogP contribution is 2.30. The molecule has 0 fully saturated rings. The van der Waals surface area contributed by atoms with E-state index >= 15 is 0 Å². The number of rotatable bonds is 6. The summed E-state index contributed by atoms with van der Waals surface area (Å²) < 4.78 is 29.3. The fourth-order valence-electron chi connectivity index (χ4n) is 1.93. The lowest BCUT2D eigenvalue weighted by Crippen LogP contribution is -2.08. The highest BCUT2D eigenvalue weighted by Gasteiger charge is 2.13. The Labute approximate surface area is 121 Å². The van der Waals surface area contributed by atoms with Crippen molar-refractivity contribution in [3.8, 4) is 5.75 Å². The van der Waals surface area contributed by atoms with Gasteiger partial charge in [0.25, 0.3) is 0 Å². The molecule has 0 bridgehead atoms. The van der Waals surface area contributed by atoms with Crippen LogP contribution < -0.4 is 15.8 Å². The van der Waals surface area contributed by atoms with Gasteiger partial charge in [-0.3, -0.25) is 0 Å². The summed E-state index contributed by atoms with van der Waals surface area (Å²) in [6.07, 6.45) is 2.88. The molecule has 1 heterocycles. The van der Waals surface area contributed by atoms with Crippen LogP contribution >= 0.6 is 0 Å². The van der Waals surface area contributed by atoms with Gasteiger partial charge in [0.15, 0.2) is 0 Å². The molecular weight excluding hydrogens is 278 g/mol. The first-order valence-electron chi connectivity index (χ1n) is 6.52. The van der Waals surface area contributed by atoms with Gasteiger partial charge in [0.1, 0.15) is 23.7 Å². The maximum atomic E-state index is 12.4. The summed E-state index contributed by atoms with van der Waals surface area (Å²) in [7, 11) is 0. The number of nitrogens with one attached hydrogen (secondary N) is 1. The van der Waals surface area contributed by atoms with E-state index in [1.165, 1.54) is 12.4 Å². The number of hydrogen-bond acceptors (Lipinski definition) is 5. The summed E-state index contributed by atoms with van der Waals surface area (Å²) in [5.74, 6) is 0.920. The first-order valence-corrected chi connectivity index (χ1v) is 6.52. The van der Waals surface area contributed by atoms with Crippen LogP contribution in [0.25, 0.3) is 0 Å². The van der Waals surface area contributed by atoms with E-state index in [9.17, 15) is 8.78 Å². The highest BCUT2D eigenvalue weighted by atomic mass is 19.3. The number of alkyl halides is 2. The minimum Gasteiger partial charge on any atom is -0.433 e. The predicted molar refractivity (Wildman–Crippen MR) is 76.8 cm³/mol. The molecule has 5 nitrogen and oxygen atoms in total. The topological polar surface area (TPSA) is 73.1 Å². The van der Waals surface area contributed by atoms with E-state index in [0.717, 1.165) is 12.0 Å². The van der Waals surface area contributed by atoms with Crippen molar-refractivity contribution in [3.05, 3.63) is 36.2 Å². The minimum absolute atomic E-state index is 0.0483. The maximum absolute atomic E-state index is 12.4. The quantitative estimate of drug-likeness (QED) is 0.854. The number of para-hydroxylation sites is 2. The molecule has 2 aromatic rings. The molecule has 0 aliphatic rings. The molecule has 1 aromatic carbocycles. The van der Waals surface area contributed by atoms with E-state index in [2.05, 4.69) is 20.0 Å². The molecule has 0 spiro atoms. The molecule has 21 heavy (non-hydrogen) atoms. The van der Waals surface area contributed by atoms with E-state index < -0.39 is 6.61 Å². The smallest absolute Gasteiger partial charge is 0.387 e. The average Bonchev–Trinajstić information content (AvgIpc) is 2.44. The summed E-state index contributed by atoms with van der Waals surface area (Å²) in [4.78, 5) is 8.07. The first kappa shape index (κ1) is 15.0. The van der Waals surface area contributed by atoms with Crippen LogP contribution in [-0.2, 0) is 6.42 Å². The van der Waals surface area contributed by atoms with E-state index in [0.29, 0.717) is 23.7 Å². The van der Waals surface area contributed by atoms with Crippen LogP contribution in [0.2, 0.25) is 0 Å².